The first-order chi connectivity index (χ1) is 5.65. The summed E-state index contributed by atoms with van der Waals surface area (Å²) in [6, 6.07) is 0.538. The molecule has 0 amide bonds. The van der Waals surface area contributed by atoms with Gasteiger partial charge in [0, 0.05) is 13.2 Å². The lowest BCUT2D eigenvalue weighted by molar-refractivity contribution is -0.192. The number of ether oxygens (including phenoxy) is 2. The van der Waals surface area contributed by atoms with Crippen LogP contribution in [0.4, 0.5) is 0 Å². The molecule has 0 aromatic rings. The molecule has 3 nitrogen and oxygen atoms in total. The van der Waals surface area contributed by atoms with Crippen LogP contribution < -0.4 is 0 Å². The number of likely N-dealkylation sites (N-methyl/N-ethyl adjacent to an activating group) is 1. The average molecular weight is 173 g/mol. The Morgan fingerprint density at radius 3 is 2.42 bits per heavy atom. The molecule has 3 atom stereocenters. The molecule has 12 heavy (non-hydrogen) atoms. The third kappa shape index (κ3) is 2.19. The van der Waals surface area contributed by atoms with E-state index >= 15 is 0 Å². The second-order valence-electron chi connectivity index (χ2n) is 3.61. The maximum Gasteiger partial charge on any atom is 0.157 e. The monoisotopic (exact) mass is 173 g/mol. The molecule has 1 rings (SSSR count). The van der Waals surface area contributed by atoms with Crippen molar-refractivity contribution in [3.05, 3.63) is 0 Å². The van der Waals surface area contributed by atoms with E-state index in [1.54, 1.807) is 7.11 Å². The van der Waals surface area contributed by atoms with Crippen molar-refractivity contribution in [1.82, 2.24) is 4.90 Å². The van der Waals surface area contributed by atoms with Gasteiger partial charge in [0.1, 0.15) is 0 Å². The first-order valence-electron chi connectivity index (χ1n) is 4.50. The largest absolute Gasteiger partial charge is 0.356 e. The van der Waals surface area contributed by atoms with Crippen LogP contribution in [0.25, 0.3) is 0 Å². The van der Waals surface area contributed by atoms with Gasteiger partial charge in [-0.15, -0.1) is 0 Å². The van der Waals surface area contributed by atoms with Crippen LogP contribution in [0.15, 0.2) is 0 Å². The van der Waals surface area contributed by atoms with E-state index < -0.39 is 0 Å². The quantitative estimate of drug-likeness (QED) is 0.624. The highest BCUT2D eigenvalue weighted by Crippen LogP contribution is 2.22. The molecule has 0 bridgehead atoms. The van der Waals surface area contributed by atoms with Gasteiger partial charge in [-0.3, -0.25) is 0 Å². The predicted molar refractivity (Wildman–Crippen MR) is 48.1 cm³/mol. The summed E-state index contributed by atoms with van der Waals surface area (Å²) in [6.45, 7) is 2.11. The highest BCUT2D eigenvalue weighted by molar-refractivity contribution is 4.78. The average Bonchev–Trinajstić information content (AvgIpc) is 2.03. The molecule has 3 heteroatoms. The molecule has 1 aliphatic rings. The maximum atomic E-state index is 5.65. The minimum atomic E-state index is 0.0104. The first kappa shape index (κ1) is 9.96. The van der Waals surface area contributed by atoms with E-state index in [-0.39, 0.29) is 12.4 Å². The highest BCUT2D eigenvalue weighted by atomic mass is 16.7. The standard InChI is InChI=1S/C9H19NO2/c1-7-8(10(2)3)5-6-9(11-4)12-7/h7-9H,5-6H2,1-4H3/t7-,8-,9+/m1/s1. The Morgan fingerprint density at radius 1 is 1.33 bits per heavy atom. The molecule has 0 aromatic heterocycles. The summed E-state index contributed by atoms with van der Waals surface area (Å²) in [6.07, 6.45) is 2.45. The fourth-order valence-electron chi connectivity index (χ4n) is 1.79. The lowest BCUT2D eigenvalue weighted by Crippen LogP contribution is -2.45. The summed E-state index contributed by atoms with van der Waals surface area (Å²) in [7, 11) is 5.89. The Hall–Kier alpha value is -0.120. The Labute approximate surface area is 74.6 Å². The van der Waals surface area contributed by atoms with Gasteiger partial charge >= 0.3 is 0 Å². The lowest BCUT2D eigenvalue weighted by atomic mass is 10.0. The molecule has 0 saturated carbocycles. The summed E-state index contributed by atoms with van der Waals surface area (Å²) in [5.41, 5.74) is 0. The zero-order valence-electron chi connectivity index (χ0n) is 8.41. The molecule has 1 fully saturated rings. The fraction of sp³-hybridized carbons (Fsp3) is 1.00. The van der Waals surface area contributed by atoms with Crippen LogP contribution in [0.2, 0.25) is 0 Å². The van der Waals surface area contributed by atoms with Crippen molar-refractivity contribution in [1.29, 1.82) is 0 Å². The van der Waals surface area contributed by atoms with E-state index in [9.17, 15) is 0 Å². The summed E-state index contributed by atoms with van der Waals surface area (Å²) >= 11 is 0. The number of methoxy groups -OCH3 is 1. The normalized spacial score (nSPS) is 37.2. The SMILES string of the molecule is CO[C@@H]1CC[C@@H](N(C)C)[C@@H](C)O1. The van der Waals surface area contributed by atoms with E-state index in [0.717, 1.165) is 12.8 Å². The number of hydrogen-bond acceptors (Lipinski definition) is 3. The predicted octanol–water partition coefficient (Wildman–Crippen LogP) is 1.09. The second kappa shape index (κ2) is 4.21. The lowest BCUT2D eigenvalue weighted by Gasteiger charge is -2.37. The molecule has 1 saturated heterocycles. The summed E-state index contributed by atoms with van der Waals surface area (Å²) in [4.78, 5) is 2.22. The van der Waals surface area contributed by atoms with Gasteiger partial charge in [-0.2, -0.15) is 0 Å². The Morgan fingerprint density at radius 2 is 2.00 bits per heavy atom. The highest BCUT2D eigenvalue weighted by Gasteiger charge is 2.28. The summed E-state index contributed by atoms with van der Waals surface area (Å²) in [5, 5.41) is 0. The molecule has 0 aromatic carbocycles. The number of nitrogens with zero attached hydrogens (tertiary/aromatic N) is 1. The number of rotatable bonds is 2. The van der Waals surface area contributed by atoms with E-state index in [2.05, 4.69) is 25.9 Å². The zero-order chi connectivity index (χ0) is 9.14. The van der Waals surface area contributed by atoms with Crippen molar-refractivity contribution in [3.63, 3.8) is 0 Å². The van der Waals surface area contributed by atoms with Crippen LogP contribution in [0.5, 0.6) is 0 Å². The van der Waals surface area contributed by atoms with Crippen molar-refractivity contribution in [2.75, 3.05) is 21.2 Å². The van der Waals surface area contributed by atoms with Gasteiger partial charge in [0.25, 0.3) is 0 Å². The molecular formula is C9H19NO2. The Bertz CT molecular complexity index is 138. The molecule has 0 unspecified atom stereocenters. The van der Waals surface area contributed by atoms with Crippen molar-refractivity contribution < 1.29 is 9.47 Å². The third-order valence-corrected chi connectivity index (χ3v) is 2.53. The minimum absolute atomic E-state index is 0.0104. The molecule has 72 valence electrons. The minimum Gasteiger partial charge on any atom is -0.356 e. The molecule has 1 aliphatic heterocycles. The molecule has 0 aliphatic carbocycles. The van der Waals surface area contributed by atoms with Crippen molar-refractivity contribution in [2.45, 2.75) is 38.2 Å². The van der Waals surface area contributed by atoms with E-state index in [1.807, 2.05) is 0 Å². The molecular weight excluding hydrogens is 154 g/mol. The van der Waals surface area contributed by atoms with Gasteiger partial charge in [0.2, 0.25) is 0 Å². The van der Waals surface area contributed by atoms with Crippen molar-refractivity contribution in [2.24, 2.45) is 0 Å². The molecule has 0 radical (unpaired) electrons. The summed E-state index contributed by atoms with van der Waals surface area (Å²) < 4.78 is 10.8. The molecule has 1 heterocycles. The van der Waals surface area contributed by atoms with E-state index in [1.165, 1.54) is 0 Å². The van der Waals surface area contributed by atoms with Gasteiger partial charge in [0.05, 0.1) is 6.10 Å². The third-order valence-electron chi connectivity index (χ3n) is 2.53. The van der Waals surface area contributed by atoms with Crippen LogP contribution in [-0.2, 0) is 9.47 Å². The van der Waals surface area contributed by atoms with E-state index in [4.69, 9.17) is 9.47 Å². The van der Waals surface area contributed by atoms with Crippen molar-refractivity contribution >= 4 is 0 Å². The van der Waals surface area contributed by atoms with Gasteiger partial charge in [0.15, 0.2) is 6.29 Å². The van der Waals surface area contributed by atoms with Gasteiger partial charge in [-0.1, -0.05) is 0 Å². The Kier molecular flexibility index (Phi) is 3.50. The second-order valence-corrected chi connectivity index (χ2v) is 3.61. The Balaban J connectivity index is 2.42. The topological polar surface area (TPSA) is 21.7 Å². The van der Waals surface area contributed by atoms with Crippen molar-refractivity contribution in [3.8, 4) is 0 Å². The fourth-order valence-corrected chi connectivity index (χ4v) is 1.79. The zero-order valence-corrected chi connectivity index (χ0v) is 8.41. The molecule has 0 spiro atoms. The maximum absolute atomic E-state index is 5.65. The van der Waals surface area contributed by atoms with Crippen LogP contribution in [-0.4, -0.2) is 44.5 Å². The van der Waals surface area contributed by atoms with Gasteiger partial charge in [-0.05, 0) is 33.9 Å². The molecule has 0 N–H and O–H groups in total. The first-order valence-corrected chi connectivity index (χ1v) is 4.50. The van der Waals surface area contributed by atoms with Gasteiger partial charge in [-0.25, -0.2) is 0 Å². The smallest absolute Gasteiger partial charge is 0.157 e. The van der Waals surface area contributed by atoms with E-state index in [0.29, 0.717) is 6.04 Å². The van der Waals surface area contributed by atoms with Crippen LogP contribution >= 0.6 is 0 Å². The number of hydrogen-bond donors (Lipinski definition) is 0. The van der Waals surface area contributed by atoms with Gasteiger partial charge < -0.3 is 14.4 Å². The van der Waals surface area contributed by atoms with Crippen LogP contribution in [0, 0.1) is 0 Å². The summed E-state index contributed by atoms with van der Waals surface area (Å²) in [5.74, 6) is 0. The van der Waals surface area contributed by atoms with Crippen LogP contribution in [0.1, 0.15) is 19.8 Å². The van der Waals surface area contributed by atoms with Crippen LogP contribution in [0.3, 0.4) is 0 Å².